The van der Waals surface area contributed by atoms with Gasteiger partial charge in [0.25, 0.3) is 5.91 Å². The van der Waals surface area contributed by atoms with Crippen molar-refractivity contribution in [3.63, 3.8) is 0 Å². The van der Waals surface area contributed by atoms with Gasteiger partial charge in [-0.2, -0.15) is 0 Å². The number of halogens is 1. The highest BCUT2D eigenvalue weighted by molar-refractivity contribution is 6.33. The van der Waals surface area contributed by atoms with E-state index in [0.717, 1.165) is 22.8 Å². The zero-order valence-electron chi connectivity index (χ0n) is 20.7. The Kier molecular flexibility index (Phi) is 8.05. The number of amides is 2. The van der Waals surface area contributed by atoms with Crippen molar-refractivity contribution >= 4 is 29.2 Å². The number of carbonyl (C=O) groups excluding carboxylic acids is 2. The number of carbonyl (C=O) groups is 2. The molecule has 0 spiro atoms. The Hall–Kier alpha value is -3.65. The zero-order chi connectivity index (χ0) is 25.7. The molecule has 1 aliphatic heterocycles. The van der Waals surface area contributed by atoms with Gasteiger partial charge in [-0.25, -0.2) is 0 Å². The molecule has 36 heavy (non-hydrogen) atoms. The van der Waals surface area contributed by atoms with Crippen LogP contribution in [-0.4, -0.2) is 77.7 Å². The lowest BCUT2D eigenvalue weighted by molar-refractivity contribution is -0.132. The molecule has 8 nitrogen and oxygen atoms in total. The maximum Gasteiger partial charge on any atom is 0.256 e. The molecule has 0 radical (unpaired) electrons. The molecule has 1 saturated heterocycles. The molecule has 0 atom stereocenters. The zero-order valence-corrected chi connectivity index (χ0v) is 21.5. The Labute approximate surface area is 216 Å². The van der Waals surface area contributed by atoms with Gasteiger partial charge in [-0.1, -0.05) is 23.7 Å². The van der Waals surface area contributed by atoms with Gasteiger partial charge in [-0.15, -0.1) is 10.2 Å². The fourth-order valence-corrected chi connectivity index (χ4v) is 4.34. The summed E-state index contributed by atoms with van der Waals surface area (Å²) in [6, 6.07) is 18.4. The van der Waals surface area contributed by atoms with E-state index >= 15 is 0 Å². The predicted molar refractivity (Wildman–Crippen MR) is 140 cm³/mol. The number of ether oxygens (including phenoxy) is 1. The molecule has 0 unspecified atom stereocenters. The highest BCUT2D eigenvalue weighted by atomic mass is 35.5. The molecular formula is C27H30ClN5O3. The minimum absolute atomic E-state index is 0.0120. The van der Waals surface area contributed by atoms with E-state index in [2.05, 4.69) is 15.1 Å². The molecule has 1 aromatic heterocycles. The summed E-state index contributed by atoms with van der Waals surface area (Å²) >= 11 is 6.22. The van der Waals surface area contributed by atoms with E-state index < -0.39 is 0 Å². The molecule has 1 fully saturated rings. The van der Waals surface area contributed by atoms with E-state index in [4.69, 9.17) is 16.3 Å². The summed E-state index contributed by atoms with van der Waals surface area (Å²) in [7, 11) is 1.64. The molecule has 0 saturated carbocycles. The molecule has 4 rings (SSSR count). The largest absolute Gasteiger partial charge is 0.497 e. The van der Waals surface area contributed by atoms with E-state index in [1.165, 1.54) is 0 Å². The summed E-state index contributed by atoms with van der Waals surface area (Å²) in [5, 5.41) is 9.17. The SMILES string of the molecule is COc1ccc(-c2ccc(N3CCN(C(=O)CN(C(=O)c4ccccc4Cl)C(C)C)CC3)nn2)cc1. The Balaban J connectivity index is 1.34. The Morgan fingerprint density at radius 3 is 2.25 bits per heavy atom. The summed E-state index contributed by atoms with van der Waals surface area (Å²) in [6.45, 7) is 6.19. The van der Waals surface area contributed by atoms with Crippen LogP contribution in [-0.2, 0) is 4.79 Å². The van der Waals surface area contributed by atoms with Gasteiger partial charge in [0.1, 0.15) is 12.3 Å². The van der Waals surface area contributed by atoms with E-state index in [1.807, 2.05) is 50.2 Å². The molecule has 0 bridgehead atoms. The molecule has 2 aromatic carbocycles. The molecule has 0 aliphatic carbocycles. The molecule has 2 amide bonds. The number of hydrogen-bond donors (Lipinski definition) is 0. The number of piperazine rings is 1. The first-order chi connectivity index (χ1) is 17.4. The van der Waals surface area contributed by atoms with Gasteiger partial charge in [-0.05, 0) is 62.4 Å². The highest BCUT2D eigenvalue weighted by Gasteiger charge is 2.28. The molecule has 3 aromatic rings. The van der Waals surface area contributed by atoms with Crippen LogP contribution in [0.15, 0.2) is 60.7 Å². The standard InChI is InChI=1S/C27H30ClN5O3/c1-19(2)33(27(35)22-6-4-5-7-23(22)28)18-26(34)32-16-14-31(15-17-32)25-13-12-24(29-30-25)20-8-10-21(36-3)11-9-20/h4-13,19H,14-18H2,1-3H3. The van der Waals surface area contributed by atoms with Crippen LogP contribution in [0.1, 0.15) is 24.2 Å². The molecular weight excluding hydrogens is 478 g/mol. The van der Waals surface area contributed by atoms with Crippen LogP contribution in [0, 0.1) is 0 Å². The van der Waals surface area contributed by atoms with Crippen molar-refractivity contribution in [2.75, 3.05) is 44.7 Å². The molecule has 9 heteroatoms. The molecule has 188 valence electrons. The van der Waals surface area contributed by atoms with Gasteiger partial charge in [0.15, 0.2) is 5.82 Å². The third-order valence-corrected chi connectivity index (χ3v) is 6.62. The minimum atomic E-state index is -0.241. The summed E-state index contributed by atoms with van der Waals surface area (Å²) in [4.78, 5) is 31.6. The van der Waals surface area contributed by atoms with Crippen LogP contribution in [0.25, 0.3) is 11.3 Å². The van der Waals surface area contributed by atoms with Gasteiger partial charge in [0, 0.05) is 37.8 Å². The average molecular weight is 508 g/mol. The number of benzene rings is 2. The lowest BCUT2D eigenvalue weighted by Gasteiger charge is -2.36. The second-order valence-electron chi connectivity index (χ2n) is 8.88. The lowest BCUT2D eigenvalue weighted by atomic mass is 10.1. The quantitative estimate of drug-likeness (QED) is 0.481. The van der Waals surface area contributed by atoms with E-state index in [0.29, 0.717) is 36.8 Å². The Morgan fingerprint density at radius 2 is 1.67 bits per heavy atom. The maximum atomic E-state index is 13.1. The third kappa shape index (κ3) is 5.76. The van der Waals surface area contributed by atoms with Crippen molar-refractivity contribution < 1.29 is 14.3 Å². The summed E-state index contributed by atoms with van der Waals surface area (Å²) in [6.07, 6.45) is 0. The molecule has 0 N–H and O–H groups in total. The number of methoxy groups -OCH3 is 1. The number of anilines is 1. The second kappa shape index (κ2) is 11.4. The van der Waals surface area contributed by atoms with Crippen LogP contribution in [0.4, 0.5) is 5.82 Å². The first-order valence-electron chi connectivity index (χ1n) is 11.9. The summed E-state index contributed by atoms with van der Waals surface area (Å²) in [5.74, 6) is 1.25. The van der Waals surface area contributed by atoms with Crippen molar-refractivity contribution in [1.82, 2.24) is 20.0 Å². The van der Waals surface area contributed by atoms with Crippen molar-refractivity contribution in [3.8, 4) is 17.0 Å². The summed E-state index contributed by atoms with van der Waals surface area (Å²) < 4.78 is 5.20. The van der Waals surface area contributed by atoms with E-state index in [9.17, 15) is 9.59 Å². The van der Waals surface area contributed by atoms with Crippen molar-refractivity contribution in [2.45, 2.75) is 19.9 Å². The van der Waals surface area contributed by atoms with Crippen molar-refractivity contribution in [2.24, 2.45) is 0 Å². The monoisotopic (exact) mass is 507 g/mol. The van der Waals surface area contributed by atoms with Gasteiger partial charge in [-0.3, -0.25) is 9.59 Å². The van der Waals surface area contributed by atoms with Crippen LogP contribution >= 0.6 is 11.6 Å². The van der Waals surface area contributed by atoms with Gasteiger partial charge in [0.2, 0.25) is 5.91 Å². The van der Waals surface area contributed by atoms with Crippen LogP contribution in [0.2, 0.25) is 5.02 Å². The Morgan fingerprint density at radius 1 is 0.972 bits per heavy atom. The van der Waals surface area contributed by atoms with Crippen LogP contribution in [0.3, 0.4) is 0 Å². The van der Waals surface area contributed by atoms with Crippen molar-refractivity contribution in [1.29, 1.82) is 0 Å². The second-order valence-corrected chi connectivity index (χ2v) is 9.29. The molecule has 1 aliphatic rings. The number of hydrogen-bond acceptors (Lipinski definition) is 6. The first kappa shape index (κ1) is 25.4. The first-order valence-corrected chi connectivity index (χ1v) is 12.3. The lowest BCUT2D eigenvalue weighted by Crippen LogP contribution is -2.53. The Bertz CT molecular complexity index is 1190. The number of nitrogens with zero attached hydrogens (tertiary/aromatic N) is 5. The van der Waals surface area contributed by atoms with Crippen LogP contribution in [0.5, 0.6) is 5.75 Å². The smallest absolute Gasteiger partial charge is 0.256 e. The van der Waals surface area contributed by atoms with E-state index in [1.54, 1.807) is 41.2 Å². The number of aromatic nitrogens is 2. The number of rotatable bonds is 7. The van der Waals surface area contributed by atoms with Crippen LogP contribution < -0.4 is 9.64 Å². The van der Waals surface area contributed by atoms with E-state index in [-0.39, 0.29) is 24.4 Å². The average Bonchev–Trinajstić information content (AvgIpc) is 2.91. The normalized spacial score (nSPS) is 13.6. The van der Waals surface area contributed by atoms with Gasteiger partial charge in [0.05, 0.1) is 23.4 Å². The fraction of sp³-hybridized carbons (Fsp3) is 0.333. The summed E-state index contributed by atoms with van der Waals surface area (Å²) in [5.41, 5.74) is 2.15. The molecule has 2 heterocycles. The van der Waals surface area contributed by atoms with Crippen molar-refractivity contribution in [3.05, 3.63) is 71.2 Å². The topological polar surface area (TPSA) is 78.9 Å². The minimum Gasteiger partial charge on any atom is -0.497 e. The highest BCUT2D eigenvalue weighted by Crippen LogP contribution is 2.22. The fourth-order valence-electron chi connectivity index (χ4n) is 4.12. The van der Waals surface area contributed by atoms with Gasteiger partial charge >= 0.3 is 0 Å². The maximum absolute atomic E-state index is 13.1. The van der Waals surface area contributed by atoms with Gasteiger partial charge < -0.3 is 19.4 Å². The predicted octanol–water partition coefficient (Wildman–Crippen LogP) is 4.01. The third-order valence-electron chi connectivity index (χ3n) is 6.29.